The van der Waals surface area contributed by atoms with Gasteiger partial charge in [0, 0.05) is 16.9 Å². The summed E-state index contributed by atoms with van der Waals surface area (Å²) in [6, 6.07) is 7.69. The molecule has 1 aliphatic carbocycles. The first-order valence-corrected chi connectivity index (χ1v) is 7.29. The van der Waals surface area contributed by atoms with Crippen molar-refractivity contribution in [2.45, 2.75) is 25.3 Å². The van der Waals surface area contributed by atoms with Crippen LogP contribution in [0.1, 0.15) is 18.4 Å². The monoisotopic (exact) mass is 337 g/mol. The molecule has 0 radical (unpaired) electrons. The molecule has 0 saturated carbocycles. The lowest BCUT2D eigenvalue weighted by molar-refractivity contribution is -0.140. The third-order valence-electron chi connectivity index (χ3n) is 3.28. The van der Waals surface area contributed by atoms with E-state index in [4.69, 9.17) is 5.11 Å². The Morgan fingerprint density at radius 1 is 1.35 bits per heavy atom. The smallest absolute Gasteiger partial charge is 0.310 e. The molecule has 106 valence electrons. The van der Waals surface area contributed by atoms with Crippen LogP contribution in [-0.4, -0.2) is 23.0 Å². The van der Waals surface area contributed by atoms with Crippen molar-refractivity contribution in [3.8, 4) is 0 Å². The lowest BCUT2D eigenvalue weighted by Crippen LogP contribution is -2.33. The van der Waals surface area contributed by atoms with E-state index in [1.807, 2.05) is 24.3 Å². The van der Waals surface area contributed by atoms with Crippen LogP contribution >= 0.6 is 15.9 Å². The Labute approximate surface area is 126 Å². The minimum absolute atomic E-state index is 0.0503. The molecule has 2 atom stereocenters. The number of benzene rings is 1. The first-order valence-electron chi connectivity index (χ1n) is 6.49. The predicted octanol–water partition coefficient (Wildman–Crippen LogP) is 2.53. The number of carbonyl (C=O) groups is 2. The Hall–Kier alpha value is -1.62. The van der Waals surface area contributed by atoms with E-state index < -0.39 is 11.9 Å². The van der Waals surface area contributed by atoms with E-state index in [1.165, 1.54) is 0 Å². The summed E-state index contributed by atoms with van der Waals surface area (Å²) in [6.07, 6.45) is 4.91. The molecule has 0 saturated heterocycles. The first kappa shape index (κ1) is 14.8. The molecule has 1 amide bonds. The zero-order valence-corrected chi connectivity index (χ0v) is 12.5. The molecule has 0 aromatic heterocycles. The van der Waals surface area contributed by atoms with Gasteiger partial charge in [0.1, 0.15) is 0 Å². The average molecular weight is 338 g/mol. The van der Waals surface area contributed by atoms with Crippen LogP contribution in [0.2, 0.25) is 0 Å². The van der Waals surface area contributed by atoms with Crippen molar-refractivity contribution in [1.29, 1.82) is 0 Å². The van der Waals surface area contributed by atoms with Gasteiger partial charge in [0.2, 0.25) is 5.91 Å². The molecule has 2 N–H and O–H groups in total. The Morgan fingerprint density at radius 3 is 2.80 bits per heavy atom. The third-order valence-corrected chi connectivity index (χ3v) is 3.77. The van der Waals surface area contributed by atoms with E-state index in [1.54, 1.807) is 12.2 Å². The van der Waals surface area contributed by atoms with Crippen molar-refractivity contribution >= 4 is 27.8 Å². The largest absolute Gasteiger partial charge is 0.481 e. The number of hydrogen-bond acceptors (Lipinski definition) is 2. The van der Waals surface area contributed by atoms with Gasteiger partial charge in [0.15, 0.2) is 0 Å². The Bertz CT molecular complexity index is 542. The summed E-state index contributed by atoms with van der Waals surface area (Å²) in [5.74, 6) is -1.37. The number of aryl methyl sites for hydroxylation is 1. The summed E-state index contributed by atoms with van der Waals surface area (Å²) < 4.78 is 0.999. The van der Waals surface area contributed by atoms with E-state index in [-0.39, 0.29) is 11.9 Å². The fraction of sp³-hybridized carbons (Fsp3) is 0.333. The Balaban J connectivity index is 1.77. The Morgan fingerprint density at radius 2 is 2.15 bits per heavy atom. The van der Waals surface area contributed by atoms with E-state index in [2.05, 4.69) is 21.2 Å². The van der Waals surface area contributed by atoms with Crippen molar-refractivity contribution < 1.29 is 14.7 Å². The van der Waals surface area contributed by atoms with Crippen LogP contribution in [0.5, 0.6) is 0 Å². The van der Waals surface area contributed by atoms with E-state index >= 15 is 0 Å². The van der Waals surface area contributed by atoms with Gasteiger partial charge in [-0.25, -0.2) is 0 Å². The van der Waals surface area contributed by atoms with Crippen molar-refractivity contribution in [3.63, 3.8) is 0 Å². The van der Waals surface area contributed by atoms with E-state index in [0.29, 0.717) is 19.3 Å². The van der Waals surface area contributed by atoms with Crippen LogP contribution in [0.4, 0.5) is 0 Å². The summed E-state index contributed by atoms with van der Waals surface area (Å²) in [7, 11) is 0. The highest BCUT2D eigenvalue weighted by atomic mass is 79.9. The molecule has 0 bridgehead atoms. The van der Waals surface area contributed by atoms with Gasteiger partial charge in [-0.1, -0.05) is 40.2 Å². The molecular formula is C15H16BrNO3. The Kier molecular flexibility index (Phi) is 4.95. The first-order chi connectivity index (χ1) is 9.54. The van der Waals surface area contributed by atoms with Crippen molar-refractivity contribution in [2.75, 3.05) is 0 Å². The number of carbonyl (C=O) groups excluding carboxylic acids is 1. The zero-order valence-electron chi connectivity index (χ0n) is 10.9. The quantitative estimate of drug-likeness (QED) is 0.811. The highest BCUT2D eigenvalue weighted by Gasteiger charge is 2.25. The number of halogens is 1. The summed E-state index contributed by atoms with van der Waals surface area (Å²) in [4.78, 5) is 22.6. The van der Waals surface area contributed by atoms with Gasteiger partial charge in [-0.05, 0) is 30.5 Å². The van der Waals surface area contributed by atoms with Gasteiger partial charge in [0.25, 0.3) is 0 Å². The number of rotatable bonds is 5. The second-order valence-electron chi connectivity index (χ2n) is 4.87. The molecule has 2 unspecified atom stereocenters. The number of nitrogens with one attached hydrogen (secondary N) is 1. The predicted molar refractivity (Wildman–Crippen MR) is 79.3 cm³/mol. The van der Waals surface area contributed by atoms with Crippen LogP contribution in [0.25, 0.3) is 0 Å². The van der Waals surface area contributed by atoms with Gasteiger partial charge in [0.05, 0.1) is 5.92 Å². The maximum atomic E-state index is 11.8. The van der Waals surface area contributed by atoms with Crippen molar-refractivity contribution in [3.05, 3.63) is 46.5 Å². The van der Waals surface area contributed by atoms with Gasteiger partial charge < -0.3 is 10.4 Å². The lowest BCUT2D eigenvalue weighted by Gasteiger charge is -2.12. The van der Waals surface area contributed by atoms with Gasteiger partial charge >= 0.3 is 5.97 Å². The van der Waals surface area contributed by atoms with Crippen LogP contribution in [0.15, 0.2) is 40.9 Å². The molecule has 0 fully saturated rings. The molecule has 20 heavy (non-hydrogen) atoms. The maximum absolute atomic E-state index is 11.8. The fourth-order valence-electron chi connectivity index (χ4n) is 2.22. The number of amides is 1. The lowest BCUT2D eigenvalue weighted by atomic mass is 10.1. The number of aliphatic carboxylic acids is 1. The maximum Gasteiger partial charge on any atom is 0.310 e. The number of hydrogen-bond donors (Lipinski definition) is 2. The summed E-state index contributed by atoms with van der Waals surface area (Å²) >= 11 is 3.39. The summed E-state index contributed by atoms with van der Waals surface area (Å²) in [5, 5.41) is 11.7. The second kappa shape index (κ2) is 6.70. The molecule has 0 heterocycles. The minimum atomic E-state index is -0.841. The van der Waals surface area contributed by atoms with Gasteiger partial charge in [-0.15, -0.1) is 0 Å². The standard InChI is InChI=1S/C15H16BrNO3/c16-12-3-1-2-10(8-12)4-7-14(18)17-13-6-5-11(9-13)15(19)20/h1-3,5-6,8,11,13H,4,7,9H2,(H,17,18)(H,19,20). The minimum Gasteiger partial charge on any atom is -0.481 e. The van der Waals surface area contributed by atoms with Crippen molar-refractivity contribution in [2.24, 2.45) is 5.92 Å². The molecule has 0 aliphatic heterocycles. The average Bonchev–Trinajstić information content (AvgIpc) is 2.85. The van der Waals surface area contributed by atoms with Crippen molar-refractivity contribution in [1.82, 2.24) is 5.32 Å². The number of carboxylic acid groups (broad SMARTS) is 1. The zero-order chi connectivity index (χ0) is 14.5. The van der Waals surface area contributed by atoms with Crippen LogP contribution in [0.3, 0.4) is 0 Å². The van der Waals surface area contributed by atoms with Gasteiger partial charge in [-0.3, -0.25) is 9.59 Å². The number of carboxylic acids is 1. The molecule has 1 aromatic rings. The highest BCUT2D eigenvalue weighted by Crippen LogP contribution is 2.18. The molecular weight excluding hydrogens is 322 g/mol. The fourth-order valence-corrected chi connectivity index (χ4v) is 2.67. The topological polar surface area (TPSA) is 66.4 Å². The van der Waals surface area contributed by atoms with Crippen LogP contribution < -0.4 is 5.32 Å². The second-order valence-corrected chi connectivity index (χ2v) is 5.78. The van der Waals surface area contributed by atoms with Gasteiger partial charge in [-0.2, -0.15) is 0 Å². The molecule has 2 rings (SSSR count). The molecule has 1 aromatic carbocycles. The third kappa shape index (κ3) is 4.20. The summed E-state index contributed by atoms with van der Waals surface area (Å²) in [6.45, 7) is 0. The highest BCUT2D eigenvalue weighted by molar-refractivity contribution is 9.10. The molecule has 4 nitrogen and oxygen atoms in total. The van der Waals surface area contributed by atoms with Crippen LogP contribution in [0, 0.1) is 5.92 Å². The van der Waals surface area contributed by atoms with E-state index in [0.717, 1.165) is 10.0 Å². The SMILES string of the molecule is O=C(CCc1cccc(Br)c1)NC1C=CC(C(=O)O)C1. The molecule has 0 spiro atoms. The molecule has 5 heteroatoms. The molecule has 1 aliphatic rings. The van der Waals surface area contributed by atoms with Crippen LogP contribution in [-0.2, 0) is 16.0 Å². The summed E-state index contributed by atoms with van der Waals surface area (Å²) in [5.41, 5.74) is 1.10. The normalized spacial score (nSPS) is 20.9. The van der Waals surface area contributed by atoms with E-state index in [9.17, 15) is 9.59 Å².